The number of aromatic nitrogens is 1. The molecule has 0 bridgehead atoms. The molecule has 12 heteroatoms. The molecule has 3 aromatic rings. The first-order valence-electron chi connectivity index (χ1n) is 12.7. The number of pyridine rings is 1. The summed E-state index contributed by atoms with van der Waals surface area (Å²) in [7, 11) is 0. The zero-order valence-electron chi connectivity index (χ0n) is 22.9. The maximum Gasteiger partial charge on any atom is 0.336 e. The van der Waals surface area contributed by atoms with Crippen LogP contribution in [0.2, 0.25) is 0 Å². The highest BCUT2D eigenvalue weighted by atomic mass is 16.5. The van der Waals surface area contributed by atoms with Crippen molar-refractivity contribution in [3.05, 3.63) is 77.0 Å². The molecule has 1 aromatic heterocycles. The summed E-state index contributed by atoms with van der Waals surface area (Å²) in [5.41, 5.74) is 5.48. The number of benzene rings is 2. The second-order valence-corrected chi connectivity index (χ2v) is 9.84. The minimum atomic E-state index is -1.34. The molecule has 1 heterocycles. The summed E-state index contributed by atoms with van der Waals surface area (Å²) in [4.78, 5) is 42.9. The van der Waals surface area contributed by atoms with Gasteiger partial charge in [-0.3, -0.25) is 15.0 Å². The molecule has 0 saturated heterocycles. The summed E-state index contributed by atoms with van der Waals surface area (Å²) in [5, 5.41) is 42.2. The van der Waals surface area contributed by atoms with Gasteiger partial charge in [0.1, 0.15) is 11.5 Å². The van der Waals surface area contributed by atoms with Gasteiger partial charge in [0.25, 0.3) is 11.8 Å². The Balaban J connectivity index is 2.03. The minimum Gasteiger partial charge on any atom is -0.478 e. The molecular weight excluding hydrogens is 530 g/mol. The highest BCUT2D eigenvalue weighted by Crippen LogP contribution is 2.30. The number of carboxylic acid groups (broad SMARTS) is 1. The van der Waals surface area contributed by atoms with Crippen LogP contribution < -0.4 is 21.1 Å². The molecule has 41 heavy (non-hydrogen) atoms. The van der Waals surface area contributed by atoms with Crippen LogP contribution in [0, 0.1) is 10.8 Å². The second-order valence-electron chi connectivity index (χ2n) is 9.84. The average molecular weight is 564 g/mol. The quantitative estimate of drug-likeness (QED) is 0.127. The average Bonchev–Trinajstić information content (AvgIpc) is 2.95. The third-order valence-electron chi connectivity index (χ3n) is 6.47. The molecule has 0 aliphatic heterocycles. The van der Waals surface area contributed by atoms with Crippen LogP contribution in [0.25, 0.3) is 11.1 Å². The molecule has 2 aromatic carbocycles. The first kappa shape index (κ1) is 30.7. The van der Waals surface area contributed by atoms with Gasteiger partial charge >= 0.3 is 5.97 Å². The van der Waals surface area contributed by atoms with Gasteiger partial charge in [0.15, 0.2) is 0 Å². The number of anilines is 1. The van der Waals surface area contributed by atoms with E-state index in [1.165, 1.54) is 30.3 Å². The van der Waals surface area contributed by atoms with Gasteiger partial charge in [-0.15, -0.1) is 0 Å². The maximum absolute atomic E-state index is 13.4. The molecule has 12 nitrogen and oxygen atoms in total. The van der Waals surface area contributed by atoms with Crippen molar-refractivity contribution < 1.29 is 34.4 Å². The number of nitrogens with two attached hydrogens (primary N) is 1. The summed E-state index contributed by atoms with van der Waals surface area (Å²) in [5.74, 6) is -2.60. The van der Waals surface area contributed by atoms with Crippen LogP contribution in [-0.2, 0) is 0 Å². The second kappa shape index (κ2) is 13.0. The molecule has 216 valence electrons. The van der Waals surface area contributed by atoms with Gasteiger partial charge in [-0.1, -0.05) is 19.9 Å². The lowest BCUT2D eigenvalue weighted by atomic mass is 9.85. The van der Waals surface area contributed by atoms with E-state index in [9.17, 15) is 29.7 Å². The normalized spacial score (nSPS) is 11.8. The van der Waals surface area contributed by atoms with Crippen LogP contribution in [0.5, 0.6) is 5.88 Å². The van der Waals surface area contributed by atoms with Gasteiger partial charge in [0.2, 0.25) is 5.88 Å². The van der Waals surface area contributed by atoms with Crippen molar-refractivity contribution >= 4 is 29.3 Å². The minimum absolute atomic E-state index is 0.00815. The van der Waals surface area contributed by atoms with Gasteiger partial charge in [0.05, 0.1) is 31.4 Å². The van der Waals surface area contributed by atoms with Crippen LogP contribution in [0.3, 0.4) is 0 Å². The number of rotatable bonds is 12. The SMILES string of the molecule is CCOc1ccc(-c2ccc(C(=O)NC(CO)C(C)(C)CO)cc2C(=O)O)c(C(=O)Nc2ccc(C(=N)N)cc2)n1. The maximum atomic E-state index is 13.4. The summed E-state index contributed by atoms with van der Waals surface area (Å²) < 4.78 is 5.46. The first-order chi connectivity index (χ1) is 19.4. The predicted molar refractivity (Wildman–Crippen MR) is 152 cm³/mol. The van der Waals surface area contributed by atoms with E-state index in [0.29, 0.717) is 11.3 Å². The van der Waals surface area contributed by atoms with Gasteiger partial charge in [0, 0.05) is 33.9 Å². The Labute approximate surface area is 236 Å². The lowest BCUT2D eigenvalue weighted by Gasteiger charge is -2.31. The Morgan fingerprint density at radius 3 is 2.20 bits per heavy atom. The van der Waals surface area contributed by atoms with Gasteiger partial charge in [-0.05, 0) is 55.0 Å². The molecule has 0 aliphatic carbocycles. The Morgan fingerprint density at radius 1 is 1.00 bits per heavy atom. The van der Waals surface area contributed by atoms with Gasteiger partial charge in [-0.2, -0.15) is 0 Å². The van der Waals surface area contributed by atoms with Gasteiger partial charge < -0.3 is 36.4 Å². The highest BCUT2D eigenvalue weighted by molar-refractivity contribution is 6.10. The molecule has 1 atom stereocenters. The van der Waals surface area contributed by atoms with Crippen molar-refractivity contribution in [2.24, 2.45) is 11.1 Å². The number of hydrogen-bond donors (Lipinski definition) is 7. The summed E-state index contributed by atoms with van der Waals surface area (Å²) in [6, 6.07) is 12.5. The van der Waals surface area contributed by atoms with Crippen molar-refractivity contribution in [1.82, 2.24) is 10.3 Å². The van der Waals surface area contributed by atoms with E-state index in [1.54, 1.807) is 45.0 Å². The highest BCUT2D eigenvalue weighted by Gasteiger charge is 2.30. The van der Waals surface area contributed by atoms with Crippen molar-refractivity contribution in [3.8, 4) is 17.0 Å². The fraction of sp³-hybridized carbons (Fsp3) is 0.276. The number of carboxylic acids is 1. The Bertz CT molecular complexity index is 1450. The zero-order valence-corrected chi connectivity index (χ0v) is 22.9. The smallest absolute Gasteiger partial charge is 0.336 e. The molecule has 0 spiro atoms. The van der Waals surface area contributed by atoms with Crippen LogP contribution in [-0.4, -0.2) is 69.8 Å². The van der Waals surface area contributed by atoms with Crippen molar-refractivity contribution in [1.29, 1.82) is 5.41 Å². The zero-order chi connectivity index (χ0) is 30.3. The topological polar surface area (TPSA) is 208 Å². The van der Waals surface area contributed by atoms with Gasteiger partial charge in [-0.25, -0.2) is 9.78 Å². The number of carbonyl (C=O) groups is 3. The third kappa shape index (κ3) is 7.24. The summed E-state index contributed by atoms with van der Waals surface area (Å²) in [6.45, 7) is 4.64. The molecule has 0 aliphatic rings. The number of aromatic carboxylic acids is 1. The molecular formula is C29H33N5O7. The van der Waals surface area contributed by atoms with Crippen LogP contribution >= 0.6 is 0 Å². The molecule has 1 unspecified atom stereocenters. The molecule has 0 radical (unpaired) electrons. The van der Waals surface area contributed by atoms with Crippen LogP contribution in [0.4, 0.5) is 5.69 Å². The number of amides is 2. The monoisotopic (exact) mass is 563 g/mol. The fourth-order valence-corrected chi connectivity index (χ4v) is 3.92. The molecule has 0 fully saturated rings. The summed E-state index contributed by atoms with van der Waals surface area (Å²) in [6.07, 6.45) is 0. The number of nitrogens with zero attached hydrogens (tertiary/aromatic N) is 1. The van der Waals surface area contributed by atoms with Crippen LogP contribution in [0.1, 0.15) is 57.5 Å². The predicted octanol–water partition coefficient (Wildman–Crippen LogP) is 2.49. The number of carbonyl (C=O) groups excluding carboxylic acids is 2. The largest absolute Gasteiger partial charge is 0.478 e. The number of aliphatic hydroxyl groups excluding tert-OH is 2. The Kier molecular flexibility index (Phi) is 9.76. The number of amidine groups is 1. The Hall–Kier alpha value is -4.81. The number of aliphatic hydroxyl groups is 2. The number of hydrogen-bond acceptors (Lipinski definition) is 8. The van der Waals surface area contributed by atoms with E-state index >= 15 is 0 Å². The molecule has 3 rings (SSSR count). The van der Waals surface area contributed by atoms with E-state index in [4.69, 9.17) is 15.9 Å². The lowest BCUT2D eigenvalue weighted by molar-refractivity contribution is 0.0655. The molecule has 0 saturated carbocycles. The Morgan fingerprint density at radius 2 is 1.63 bits per heavy atom. The van der Waals surface area contributed by atoms with Crippen LogP contribution in [0.15, 0.2) is 54.6 Å². The number of nitrogen functional groups attached to an aromatic ring is 1. The third-order valence-corrected chi connectivity index (χ3v) is 6.47. The van der Waals surface area contributed by atoms with E-state index in [1.807, 2.05) is 0 Å². The van der Waals surface area contributed by atoms with E-state index < -0.39 is 35.8 Å². The molecule has 2 amide bonds. The number of nitrogens with one attached hydrogen (secondary N) is 3. The molecule has 8 N–H and O–H groups in total. The van der Waals surface area contributed by atoms with E-state index in [0.717, 1.165) is 0 Å². The fourth-order valence-electron chi connectivity index (χ4n) is 3.92. The van der Waals surface area contributed by atoms with Crippen molar-refractivity contribution in [2.45, 2.75) is 26.8 Å². The summed E-state index contributed by atoms with van der Waals surface area (Å²) >= 11 is 0. The number of ether oxygens (including phenoxy) is 1. The van der Waals surface area contributed by atoms with E-state index in [-0.39, 0.29) is 52.9 Å². The van der Waals surface area contributed by atoms with Crippen molar-refractivity contribution in [2.75, 3.05) is 25.1 Å². The standard InChI is InChI=1S/C29H33N5O7/c1-4-41-23-12-11-20(24(34-23)27(38)32-18-8-5-16(6-9-18)25(30)31)19-10-7-17(13-21(19)28(39)40)26(37)33-22(14-35)29(2,3)15-36/h5-13,22,35-36H,4,14-15H2,1-3H3,(H3,30,31)(H,32,38)(H,33,37)(H,39,40). The van der Waals surface area contributed by atoms with E-state index in [2.05, 4.69) is 15.6 Å². The lowest BCUT2D eigenvalue weighted by Crippen LogP contribution is -2.49. The first-order valence-corrected chi connectivity index (χ1v) is 12.7. The van der Waals surface area contributed by atoms with Crippen molar-refractivity contribution in [3.63, 3.8) is 0 Å².